The second kappa shape index (κ2) is 8.70. The van der Waals surface area contributed by atoms with Gasteiger partial charge in [0.25, 0.3) is 0 Å². The van der Waals surface area contributed by atoms with Gasteiger partial charge in [0, 0.05) is 18.3 Å². The highest BCUT2D eigenvalue weighted by atomic mass is 19.1. The molecule has 0 aromatic heterocycles. The maximum Gasteiger partial charge on any atom is 0.167 e. The molecule has 0 N–H and O–H groups in total. The summed E-state index contributed by atoms with van der Waals surface area (Å²) < 4.78 is 19.3. The lowest BCUT2D eigenvalue weighted by atomic mass is 9.98. The Bertz CT molecular complexity index is 1060. The van der Waals surface area contributed by atoms with Gasteiger partial charge in [0.1, 0.15) is 18.2 Å². The van der Waals surface area contributed by atoms with Crippen molar-refractivity contribution in [1.29, 1.82) is 0 Å². The van der Waals surface area contributed by atoms with E-state index >= 15 is 0 Å². The number of ketones is 1. The molecule has 0 amide bonds. The SMILES string of the molecule is CCN(c1cccc(OCC(C)=O)c1)C1CCc2ccc(-c3cccc(F)c3)cc21. The van der Waals surface area contributed by atoms with E-state index in [1.807, 2.05) is 24.3 Å². The molecule has 1 aliphatic carbocycles. The Kier molecular flexibility index (Phi) is 5.84. The van der Waals surface area contributed by atoms with Crippen LogP contribution in [0.1, 0.15) is 37.4 Å². The minimum Gasteiger partial charge on any atom is -0.486 e. The van der Waals surface area contributed by atoms with Gasteiger partial charge in [-0.15, -0.1) is 0 Å². The smallest absolute Gasteiger partial charge is 0.167 e. The third kappa shape index (κ3) is 4.23. The molecule has 0 aliphatic heterocycles. The number of carbonyl (C=O) groups is 1. The van der Waals surface area contributed by atoms with Crippen LogP contribution in [0.3, 0.4) is 0 Å². The fourth-order valence-electron chi connectivity index (χ4n) is 4.27. The van der Waals surface area contributed by atoms with Crippen molar-refractivity contribution in [2.45, 2.75) is 32.7 Å². The first-order chi connectivity index (χ1) is 14.5. The topological polar surface area (TPSA) is 29.5 Å². The van der Waals surface area contributed by atoms with Crippen molar-refractivity contribution in [3.8, 4) is 16.9 Å². The van der Waals surface area contributed by atoms with Crippen molar-refractivity contribution >= 4 is 11.5 Å². The molecule has 1 aliphatic rings. The Morgan fingerprint density at radius 3 is 2.63 bits per heavy atom. The number of rotatable bonds is 7. The Labute approximate surface area is 177 Å². The summed E-state index contributed by atoms with van der Waals surface area (Å²) in [7, 11) is 0. The molecule has 3 aromatic rings. The van der Waals surface area contributed by atoms with Crippen LogP contribution < -0.4 is 9.64 Å². The maximum absolute atomic E-state index is 13.7. The molecular formula is C26H26FNO2. The fourth-order valence-corrected chi connectivity index (χ4v) is 4.27. The van der Waals surface area contributed by atoms with Crippen LogP contribution in [-0.2, 0) is 11.2 Å². The van der Waals surface area contributed by atoms with Gasteiger partial charge in [-0.3, -0.25) is 4.79 Å². The van der Waals surface area contributed by atoms with Gasteiger partial charge in [0.2, 0.25) is 0 Å². The van der Waals surface area contributed by atoms with E-state index in [-0.39, 0.29) is 24.2 Å². The van der Waals surface area contributed by atoms with Crippen LogP contribution >= 0.6 is 0 Å². The number of hydrogen-bond acceptors (Lipinski definition) is 3. The average Bonchev–Trinajstić information content (AvgIpc) is 3.16. The van der Waals surface area contributed by atoms with Crippen molar-refractivity contribution in [3.63, 3.8) is 0 Å². The van der Waals surface area contributed by atoms with E-state index in [1.165, 1.54) is 24.1 Å². The van der Waals surface area contributed by atoms with E-state index < -0.39 is 0 Å². The third-order valence-corrected chi connectivity index (χ3v) is 5.66. The number of carbonyl (C=O) groups excluding carboxylic acids is 1. The third-order valence-electron chi connectivity index (χ3n) is 5.66. The Morgan fingerprint density at radius 2 is 1.87 bits per heavy atom. The molecule has 0 heterocycles. The summed E-state index contributed by atoms with van der Waals surface area (Å²) in [6.45, 7) is 4.61. The van der Waals surface area contributed by atoms with Crippen LogP contribution in [0.25, 0.3) is 11.1 Å². The largest absolute Gasteiger partial charge is 0.486 e. The maximum atomic E-state index is 13.7. The van der Waals surface area contributed by atoms with Crippen molar-refractivity contribution in [1.82, 2.24) is 0 Å². The highest BCUT2D eigenvalue weighted by Crippen LogP contribution is 2.40. The predicted octanol–water partition coefficient (Wildman–Crippen LogP) is 5.97. The minimum absolute atomic E-state index is 0.00218. The first kappa shape index (κ1) is 20.1. The van der Waals surface area contributed by atoms with Crippen molar-refractivity contribution in [3.05, 3.63) is 83.7 Å². The van der Waals surface area contributed by atoms with E-state index in [0.717, 1.165) is 36.2 Å². The summed E-state index contributed by atoms with van der Waals surface area (Å²) in [6, 6.07) is 21.4. The molecule has 0 radical (unpaired) electrons. The standard InChI is InChI=1S/C26H26FNO2/c1-3-28(23-8-5-9-24(16-23)30-17-18(2)29)26-13-12-19-10-11-21(15-25(19)26)20-6-4-7-22(27)14-20/h4-11,14-16,26H,3,12-13,17H2,1-2H3. The first-order valence-electron chi connectivity index (χ1n) is 10.4. The highest BCUT2D eigenvalue weighted by Gasteiger charge is 2.28. The van der Waals surface area contributed by atoms with Gasteiger partial charge in [-0.1, -0.05) is 30.3 Å². The van der Waals surface area contributed by atoms with Gasteiger partial charge in [-0.25, -0.2) is 4.39 Å². The molecule has 0 spiro atoms. The zero-order valence-electron chi connectivity index (χ0n) is 17.4. The lowest BCUT2D eigenvalue weighted by molar-refractivity contribution is -0.118. The number of ether oxygens (including phenoxy) is 1. The second-order valence-corrected chi connectivity index (χ2v) is 7.75. The molecule has 30 heavy (non-hydrogen) atoms. The molecule has 3 nitrogen and oxygen atoms in total. The van der Waals surface area contributed by atoms with Crippen LogP contribution in [0.2, 0.25) is 0 Å². The van der Waals surface area contributed by atoms with Crippen molar-refractivity contribution < 1.29 is 13.9 Å². The Morgan fingerprint density at radius 1 is 1.07 bits per heavy atom. The molecule has 0 saturated heterocycles. The van der Waals surface area contributed by atoms with Crippen LogP contribution in [0.15, 0.2) is 66.7 Å². The zero-order valence-corrected chi connectivity index (χ0v) is 17.4. The van der Waals surface area contributed by atoms with E-state index in [4.69, 9.17) is 4.74 Å². The van der Waals surface area contributed by atoms with Gasteiger partial charge in [-0.2, -0.15) is 0 Å². The Balaban J connectivity index is 1.64. The van der Waals surface area contributed by atoms with E-state index in [9.17, 15) is 9.18 Å². The van der Waals surface area contributed by atoms with Crippen LogP contribution in [0.4, 0.5) is 10.1 Å². The molecule has 4 rings (SSSR count). The minimum atomic E-state index is -0.220. The number of nitrogens with zero attached hydrogens (tertiary/aromatic N) is 1. The molecule has 0 fully saturated rings. The summed E-state index contributed by atoms with van der Waals surface area (Å²) in [6.07, 6.45) is 2.06. The van der Waals surface area contributed by atoms with Crippen LogP contribution in [0.5, 0.6) is 5.75 Å². The number of hydrogen-bond donors (Lipinski definition) is 0. The zero-order chi connectivity index (χ0) is 21.1. The van der Waals surface area contributed by atoms with E-state index in [1.54, 1.807) is 12.1 Å². The molecule has 0 bridgehead atoms. The highest BCUT2D eigenvalue weighted by molar-refractivity contribution is 5.77. The van der Waals surface area contributed by atoms with Gasteiger partial charge in [0.05, 0.1) is 6.04 Å². The predicted molar refractivity (Wildman–Crippen MR) is 119 cm³/mol. The second-order valence-electron chi connectivity index (χ2n) is 7.75. The Hall–Kier alpha value is -3.14. The summed E-state index contributed by atoms with van der Waals surface area (Å²) in [5.74, 6) is 0.484. The van der Waals surface area contributed by atoms with Crippen molar-refractivity contribution in [2.24, 2.45) is 0 Å². The number of fused-ring (bicyclic) bond motifs is 1. The number of benzene rings is 3. The van der Waals surface area contributed by atoms with Gasteiger partial charge in [0.15, 0.2) is 5.78 Å². The molecule has 0 saturated carbocycles. The quantitative estimate of drug-likeness (QED) is 0.486. The molecule has 1 atom stereocenters. The average molecular weight is 403 g/mol. The molecule has 1 unspecified atom stereocenters. The number of anilines is 1. The number of aryl methyl sites for hydroxylation is 1. The summed E-state index contributed by atoms with van der Waals surface area (Å²) in [5, 5.41) is 0. The normalized spacial score (nSPS) is 15.0. The number of halogens is 1. The van der Waals surface area contributed by atoms with Gasteiger partial charge >= 0.3 is 0 Å². The molecule has 4 heteroatoms. The lowest BCUT2D eigenvalue weighted by Gasteiger charge is -2.31. The van der Waals surface area contributed by atoms with Gasteiger partial charge in [-0.05, 0) is 79.3 Å². The lowest BCUT2D eigenvalue weighted by Crippen LogP contribution is -2.27. The van der Waals surface area contributed by atoms with E-state index in [0.29, 0.717) is 5.75 Å². The monoisotopic (exact) mass is 403 g/mol. The van der Waals surface area contributed by atoms with Crippen molar-refractivity contribution in [2.75, 3.05) is 18.1 Å². The summed E-state index contributed by atoms with van der Waals surface area (Å²) in [4.78, 5) is 13.6. The van der Waals surface area contributed by atoms with Crippen LogP contribution in [-0.4, -0.2) is 18.9 Å². The summed E-state index contributed by atoms with van der Waals surface area (Å²) >= 11 is 0. The molecular weight excluding hydrogens is 377 g/mol. The van der Waals surface area contributed by atoms with Gasteiger partial charge < -0.3 is 9.64 Å². The molecule has 154 valence electrons. The number of Topliss-reactive ketones (excluding diaryl/α,β-unsaturated/α-hetero) is 1. The molecule has 3 aromatic carbocycles. The summed E-state index contributed by atoms with van der Waals surface area (Å²) in [5.41, 5.74) is 5.66. The van der Waals surface area contributed by atoms with E-state index in [2.05, 4.69) is 36.1 Å². The van der Waals surface area contributed by atoms with Crippen LogP contribution in [0, 0.1) is 5.82 Å². The fraction of sp³-hybridized carbons (Fsp3) is 0.269. The first-order valence-corrected chi connectivity index (χ1v) is 10.4.